The summed E-state index contributed by atoms with van der Waals surface area (Å²) in [6, 6.07) is 5.37. The van der Waals surface area contributed by atoms with Crippen molar-refractivity contribution in [3.63, 3.8) is 0 Å². The normalized spacial score (nSPS) is 17.1. The fraction of sp³-hybridized carbons (Fsp3) is 0.500. The number of aromatic nitrogens is 2. The van der Waals surface area contributed by atoms with E-state index in [2.05, 4.69) is 29.2 Å². The first kappa shape index (κ1) is 18.4. The number of benzene rings is 1. The number of nitrogens with one attached hydrogen (secondary N) is 1. The predicted octanol–water partition coefficient (Wildman–Crippen LogP) is 3.76. The van der Waals surface area contributed by atoms with Gasteiger partial charge in [-0.3, -0.25) is 9.48 Å². The first-order valence-corrected chi connectivity index (χ1v) is 9.27. The maximum absolute atomic E-state index is 14.6. The Balaban J connectivity index is 1.61. The number of anilines is 2. The van der Waals surface area contributed by atoms with E-state index < -0.39 is 0 Å². The van der Waals surface area contributed by atoms with E-state index in [1.807, 2.05) is 13.2 Å². The number of nitrogens with zero attached hydrogens (tertiary/aromatic N) is 3. The number of carbonyl (C=O) groups is 1. The highest BCUT2D eigenvalue weighted by atomic mass is 19.1. The van der Waals surface area contributed by atoms with Crippen LogP contribution in [0.3, 0.4) is 0 Å². The summed E-state index contributed by atoms with van der Waals surface area (Å²) in [6.45, 7) is 5.24. The second kappa shape index (κ2) is 7.89. The van der Waals surface area contributed by atoms with Crippen molar-refractivity contribution in [2.75, 3.05) is 16.8 Å². The third-order valence-corrected chi connectivity index (χ3v) is 5.01. The van der Waals surface area contributed by atoms with Crippen LogP contribution in [0.25, 0.3) is 0 Å². The van der Waals surface area contributed by atoms with Gasteiger partial charge < -0.3 is 10.2 Å². The Hall–Kier alpha value is -2.37. The number of halogens is 1. The van der Waals surface area contributed by atoms with Gasteiger partial charge in [-0.15, -0.1) is 0 Å². The number of amides is 1. The van der Waals surface area contributed by atoms with Crippen molar-refractivity contribution in [3.8, 4) is 0 Å². The number of hydrogen-bond acceptors (Lipinski definition) is 3. The molecule has 0 aliphatic carbocycles. The average Bonchev–Trinajstić information content (AvgIpc) is 3.22. The second-order valence-electron chi connectivity index (χ2n) is 7.38. The Morgan fingerprint density at radius 1 is 1.42 bits per heavy atom. The smallest absolute Gasteiger partial charge is 0.224 e. The molecule has 2 heterocycles. The molecule has 0 unspecified atom stereocenters. The fourth-order valence-electron chi connectivity index (χ4n) is 3.68. The van der Waals surface area contributed by atoms with E-state index in [1.165, 1.54) is 6.07 Å². The van der Waals surface area contributed by atoms with E-state index in [1.54, 1.807) is 23.0 Å². The maximum atomic E-state index is 14.6. The van der Waals surface area contributed by atoms with E-state index in [-0.39, 0.29) is 11.7 Å². The maximum Gasteiger partial charge on any atom is 0.224 e. The van der Waals surface area contributed by atoms with Crippen LogP contribution in [-0.2, 0) is 18.3 Å². The first-order valence-electron chi connectivity index (χ1n) is 9.27. The van der Waals surface area contributed by atoms with E-state index >= 15 is 0 Å². The van der Waals surface area contributed by atoms with Gasteiger partial charge in [-0.1, -0.05) is 13.8 Å². The van der Waals surface area contributed by atoms with Crippen LogP contribution in [-0.4, -0.2) is 28.3 Å². The molecule has 1 atom stereocenters. The SMILES string of the molecule is CC(C)[C@H]1CCCN1c1ccc(NC(=O)CCc2cnn(C)c2)cc1F. The minimum absolute atomic E-state index is 0.123. The quantitative estimate of drug-likeness (QED) is 0.855. The predicted molar refractivity (Wildman–Crippen MR) is 102 cm³/mol. The minimum atomic E-state index is -0.275. The van der Waals surface area contributed by atoms with Crippen molar-refractivity contribution in [2.24, 2.45) is 13.0 Å². The van der Waals surface area contributed by atoms with Crippen LogP contribution in [0.15, 0.2) is 30.6 Å². The number of rotatable bonds is 6. The molecule has 0 spiro atoms. The minimum Gasteiger partial charge on any atom is -0.366 e. The molecule has 0 radical (unpaired) electrons. The summed E-state index contributed by atoms with van der Waals surface area (Å²) < 4.78 is 16.4. The molecule has 1 saturated heterocycles. The van der Waals surface area contributed by atoms with Gasteiger partial charge in [0.1, 0.15) is 5.82 Å². The summed E-state index contributed by atoms with van der Waals surface area (Å²) in [5.74, 6) is 0.0913. The van der Waals surface area contributed by atoms with Gasteiger partial charge in [0.15, 0.2) is 0 Å². The van der Waals surface area contributed by atoms with Crippen LogP contribution in [0.4, 0.5) is 15.8 Å². The first-order chi connectivity index (χ1) is 12.4. The molecular weight excluding hydrogens is 331 g/mol. The Labute approximate surface area is 154 Å². The van der Waals surface area contributed by atoms with Crippen LogP contribution < -0.4 is 10.2 Å². The van der Waals surface area contributed by atoms with Crippen molar-refractivity contribution < 1.29 is 9.18 Å². The van der Waals surface area contributed by atoms with Crippen molar-refractivity contribution in [1.29, 1.82) is 0 Å². The van der Waals surface area contributed by atoms with Crippen LogP contribution in [0.5, 0.6) is 0 Å². The molecule has 140 valence electrons. The summed E-state index contributed by atoms with van der Waals surface area (Å²) in [6.07, 6.45) is 6.80. The lowest BCUT2D eigenvalue weighted by atomic mass is 10.0. The third-order valence-electron chi connectivity index (χ3n) is 5.01. The molecule has 1 aromatic heterocycles. The number of hydrogen-bond donors (Lipinski definition) is 1. The molecule has 1 N–H and O–H groups in total. The summed E-state index contributed by atoms with van der Waals surface area (Å²) in [5, 5.41) is 6.87. The Bertz CT molecular complexity index is 771. The van der Waals surface area contributed by atoms with Gasteiger partial charge >= 0.3 is 0 Å². The van der Waals surface area contributed by atoms with Crippen LogP contribution in [0, 0.1) is 11.7 Å². The van der Waals surface area contributed by atoms with Gasteiger partial charge in [-0.25, -0.2) is 4.39 Å². The largest absolute Gasteiger partial charge is 0.366 e. The molecule has 1 aliphatic rings. The molecule has 1 amide bonds. The number of aryl methyl sites for hydroxylation is 2. The molecule has 1 aliphatic heterocycles. The van der Waals surface area contributed by atoms with Crippen molar-refractivity contribution in [3.05, 3.63) is 42.0 Å². The number of carbonyl (C=O) groups excluding carboxylic acids is 1. The zero-order valence-electron chi connectivity index (χ0n) is 15.7. The van der Waals surface area contributed by atoms with Crippen LogP contribution in [0.1, 0.15) is 38.7 Å². The van der Waals surface area contributed by atoms with Gasteiger partial charge in [0, 0.05) is 37.9 Å². The Morgan fingerprint density at radius 2 is 2.23 bits per heavy atom. The summed E-state index contributed by atoms with van der Waals surface area (Å²) in [5.41, 5.74) is 2.15. The third kappa shape index (κ3) is 4.23. The van der Waals surface area contributed by atoms with Gasteiger partial charge in [0.2, 0.25) is 5.91 Å². The molecule has 5 nitrogen and oxygen atoms in total. The molecule has 2 aromatic rings. The summed E-state index contributed by atoms with van der Waals surface area (Å²) >= 11 is 0. The second-order valence-corrected chi connectivity index (χ2v) is 7.38. The van der Waals surface area contributed by atoms with Gasteiger partial charge in [0.25, 0.3) is 0 Å². The van der Waals surface area contributed by atoms with Crippen molar-refractivity contribution in [2.45, 2.75) is 45.6 Å². The van der Waals surface area contributed by atoms with Crippen molar-refractivity contribution in [1.82, 2.24) is 9.78 Å². The monoisotopic (exact) mass is 358 g/mol. The lowest BCUT2D eigenvalue weighted by Gasteiger charge is -2.30. The zero-order chi connectivity index (χ0) is 18.7. The topological polar surface area (TPSA) is 50.2 Å². The highest BCUT2D eigenvalue weighted by molar-refractivity contribution is 5.91. The zero-order valence-corrected chi connectivity index (χ0v) is 15.7. The highest BCUT2D eigenvalue weighted by Gasteiger charge is 2.28. The molecule has 1 aromatic carbocycles. The van der Waals surface area contributed by atoms with Gasteiger partial charge in [-0.2, -0.15) is 5.10 Å². The molecule has 0 saturated carbocycles. The molecular formula is C20H27FN4O. The molecule has 0 bridgehead atoms. The molecule has 6 heteroatoms. The highest BCUT2D eigenvalue weighted by Crippen LogP contribution is 2.32. The van der Waals surface area contributed by atoms with Crippen LogP contribution >= 0.6 is 0 Å². The van der Waals surface area contributed by atoms with Gasteiger partial charge in [-0.05, 0) is 48.9 Å². The fourth-order valence-corrected chi connectivity index (χ4v) is 3.68. The summed E-state index contributed by atoms with van der Waals surface area (Å²) in [4.78, 5) is 14.3. The van der Waals surface area contributed by atoms with Crippen molar-refractivity contribution >= 4 is 17.3 Å². The lowest BCUT2D eigenvalue weighted by Crippen LogP contribution is -2.33. The lowest BCUT2D eigenvalue weighted by molar-refractivity contribution is -0.116. The van der Waals surface area contributed by atoms with E-state index in [0.717, 1.165) is 24.9 Å². The van der Waals surface area contributed by atoms with E-state index in [4.69, 9.17) is 0 Å². The van der Waals surface area contributed by atoms with Gasteiger partial charge in [0.05, 0.1) is 11.9 Å². The summed E-state index contributed by atoms with van der Waals surface area (Å²) in [7, 11) is 1.85. The van der Waals surface area contributed by atoms with E-state index in [0.29, 0.717) is 36.2 Å². The Morgan fingerprint density at radius 3 is 2.88 bits per heavy atom. The van der Waals surface area contributed by atoms with Crippen LogP contribution in [0.2, 0.25) is 0 Å². The Kier molecular flexibility index (Phi) is 5.59. The average molecular weight is 358 g/mol. The molecule has 26 heavy (non-hydrogen) atoms. The standard InChI is InChI=1S/C20H27FN4O/c1-14(2)18-5-4-10-25(18)19-8-7-16(11-17(19)21)23-20(26)9-6-15-12-22-24(3)13-15/h7-8,11-14,18H,4-6,9-10H2,1-3H3,(H,23,26)/t18-/m1/s1. The molecule has 3 rings (SSSR count). The molecule has 1 fully saturated rings. The van der Waals surface area contributed by atoms with E-state index in [9.17, 15) is 9.18 Å².